The third-order valence-corrected chi connectivity index (χ3v) is 8.24. The zero-order valence-electron chi connectivity index (χ0n) is 19.1. The fraction of sp³-hybridized carbons (Fsp3) is 0.417. The Bertz CT molecular complexity index is 1280. The number of amides is 1. The highest BCUT2D eigenvalue weighted by molar-refractivity contribution is 7.89. The van der Waals surface area contributed by atoms with Gasteiger partial charge in [0.05, 0.1) is 28.6 Å². The Morgan fingerprint density at radius 2 is 1.75 bits per heavy atom. The first-order valence-corrected chi connectivity index (χ1v) is 12.8. The molecule has 0 bridgehead atoms. The van der Waals surface area contributed by atoms with Crippen molar-refractivity contribution in [1.29, 1.82) is 5.26 Å². The molecule has 0 aromatic heterocycles. The van der Waals surface area contributed by atoms with Gasteiger partial charge >= 0.3 is 6.18 Å². The van der Waals surface area contributed by atoms with Gasteiger partial charge in [-0.2, -0.15) is 22.7 Å². The minimum atomic E-state index is -4.65. The number of piperidine rings is 1. The monoisotopic (exact) mass is 524 g/mol. The molecule has 7 nitrogen and oxygen atoms in total. The van der Waals surface area contributed by atoms with Gasteiger partial charge in [-0.25, -0.2) is 12.8 Å². The van der Waals surface area contributed by atoms with Crippen LogP contribution in [0.3, 0.4) is 0 Å². The quantitative estimate of drug-likeness (QED) is 0.554. The highest BCUT2D eigenvalue weighted by Gasteiger charge is 2.44. The summed E-state index contributed by atoms with van der Waals surface area (Å²) in [5.41, 5.74) is -0.771. The molecule has 1 saturated heterocycles. The maximum Gasteiger partial charge on any atom is 0.416 e. The Hall–Kier alpha value is -3.01. The summed E-state index contributed by atoms with van der Waals surface area (Å²) in [6.45, 7) is 0.812. The van der Waals surface area contributed by atoms with Crippen LogP contribution >= 0.6 is 0 Å². The van der Waals surface area contributed by atoms with E-state index in [9.17, 15) is 30.8 Å². The summed E-state index contributed by atoms with van der Waals surface area (Å²) in [6.07, 6.45) is -2.51. The lowest BCUT2D eigenvalue weighted by atomic mass is 10.0. The second kappa shape index (κ2) is 10.2. The second-order valence-corrected chi connectivity index (χ2v) is 10.8. The third kappa shape index (κ3) is 6.03. The summed E-state index contributed by atoms with van der Waals surface area (Å²) in [7, 11) is -4.14. The van der Waals surface area contributed by atoms with Crippen LogP contribution in [0.25, 0.3) is 0 Å². The number of alkyl halides is 3. The molecule has 12 heteroatoms. The standard InChI is InChI=1S/C24H24F4N4O3S/c25-18-10-16(14-29)11-19(13-18)30-23(33)15-31-8-6-21(7-9-31)32(20-4-5-20)36(34,35)22-3-1-2-17(12-22)24(26,27)28/h1-3,10-13,20-21H,4-9,15H2,(H,30,33). The molecule has 2 aromatic rings. The van der Waals surface area contributed by atoms with Crippen LogP contribution in [0.1, 0.15) is 36.8 Å². The summed E-state index contributed by atoms with van der Waals surface area (Å²) < 4.78 is 81.1. The van der Waals surface area contributed by atoms with Gasteiger partial charge in [0.1, 0.15) is 5.82 Å². The highest BCUT2D eigenvalue weighted by Crippen LogP contribution is 2.38. The van der Waals surface area contributed by atoms with Gasteiger partial charge in [0.25, 0.3) is 0 Å². The van der Waals surface area contributed by atoms with Crippen molar-refractivity contribution in [3.8, 4) is 6.07 Å². The molecule has 192 valence electrons. The SMILES string of the molecule is N#Cc1cc(F)cc(NC(=O)CN2CCC(N(C3CC3)S(=O)(=O)c3cccc(C(F)(F)F)c3)CC2)c1. The molecule has 2 aromatic carbocycles. The molecule has 4 rings (SSSR count). The molecular weight excluding hydrogens is 500 g/mol. The first-order valence-electron chi connectivity index (χ1n) is 11.4. The summed E-state index contributed by atoms with van der Waals surface area (Å²) in [5.74, 6) is -1.05. The number of anilines is 1. The zero-order valence-corrected chi connectivity index (χ0v) is 19.9. The minimum absolute atomic E-state index is 0.00503. The maximum atomic E-state index is 13.6. The predicted octanol–water partition coefficient (Wildman–Crippen LogP) is 3.97. The van der Waals surface area contributed by atoms with E-state index in [1.54, 1.807) is 0 Å². The van der Waals surface area contributed by atoms with Crippen LogP contribution < -0.4 is 5.32 Å². The molecule has 1 aliphatic carbocycles. The number of sulfonamides is 1. The lowest BCUT2D eigenvalue weighted by Gasteiger charge is -2.37. The van der Waals surface area contributed by atoms with Crippen LogP contribution in [0, 0.1) is 17.1 Å². The van der Waals surface area contributed by atoms with Crippen LogP contribution in [-0.2, 0) is 21.0 Å². The van der Waals surface area contributed by atoms with Gasteiger partial charge in [-0.1, -0.05) is 6.07 Å². The van der Waals surface area contributed by atoms with Gasteiger partial charge in [-0.3, -0.25) is 9.69 Å². The van der Waals surface area contributed by atoms with Gasteiger partial charge in [-0.05, 0) is 62.1 Å². The average Bonchev–Trinajstić information content (AvgIpc) is 3.64. The van der Waals surface area contributed by atoms with E-state index >= 15 is 0 Å². The van der Waals surface area contributed by atoms with Crippen molar-refractivity contribution in [2.45, 2.75) is 48.8 Å². The van der Waals surface area contributed by atoms with Crippen LogP contribution in [0.15, 0.2) is 47.4 Å². The van der Waals surface area contributed by atoms with E-state index in [2.05, 4.69) is 5.32 Å². The number of rotatable bonds is 7. The Morgan fingerprint density at radius 1 is 1.08 bits per heavy atom. The van der Waals surface area contributed by atoms with Crippen LogP contribution in [0.2, 0.25) is 0 Å². The summed E-state index contributed by atoms with van der Waals surface area (Å²) in [4.78, 5) is 13.9. The van der Waals surface area contributed by atoms with Crippen molar-refractivity contribution in [3.05, 3.63) is 59.4 Å². The fourth-order valence-corrected chi connectivity index (χ4v) is 6.41. The minimum Gasteiger partial charge on any atom is -0.325 e. The molecule has 1 amide bonds. The number of nitrogens with zero attached hydrogens (tertiary/aromatic N) is 3. The number of hydrogen-bond donors (Lipinski definition) is 1. The Labute approximate surface area is 206 Å². The molecule has 0 spiro atoms. The van der Waals surface area contributed by atoms with Gasteiger partial charge in [0.2, 0.25) is 15.9 Å². The van der Waals surface area contributed by atoms with E-state index in [1.165, 1.54) is 16.4 Å². The normalized spacial score (nSPS) is 17.7. The summed E-state index contributed by atoms with van der Waals surface area (Å²) in [5, 5.41) is 11.5. The maximum absolute atomic E-state index is 13.6. The molecule has 1 aliphatic heterocycles. The van der Waals surface area contributed by atoms with Crippen molar-refractivity contribution in [1.82, 2.24) is 9.21 Å². The van der Waals surface area contributed by atoms with Crippen molar-refractivity contribution in [3.63, 3.8) is 0 Å². The van der Waals surface area contributed by atoms with E-state index in [-0.39, 0.29) is 28.7 Å². The van der Waals surface area contributed by atoms with Crippen molar-refractivity contribution in [2.24, 2.45) is 0 Å². The van der Waals surface area contributed by atoms with E-state index in [0.29, 0.717) is 44.8 Å². The number of benzene rings is 2. The molecular formula is C24H24F4N4O3S. The number of nitrogens with one attached hydrogen (secondary N) is 1. The predicted molar refractivity (Wildman–Crippen MR) is 123 cm³/mol. The summed E-state index contributed by atoms with van der Waals surface area (Å²) >= 11 is 0. The average molecular weight is 525 g/mol. The number of nitriles is 1. The second-order valence-electron chi connectivity index (χ2n) is 8.99. The van der Waals surface area contributed by atoms with Gasteiger partial charge in [-0.15, -0.1) is 0 Å². The molecule has 2 aliphatic rings. The van der Waals surface area contributed by atoms with E-state index in [0.717, 1.165) is 24.3 Å². The highest BCUT2D eigenvalue weighted by atomic mass is 32.2. The van der Waals surface area contributed by atoms with Gasteiger partial charge < -0.3 is 5.32 Å². The van der Waals surface area contributed by atoms with Crippen LogP contribution in [0.5, 0.6) is 0 Å². The van der Waals surface area contributed by atoms with E-state index in [4.69, 9.17) is 5.26 Å². The Morgan fingerprint density at radius 3 is 2.36 bits per heavy atom. The van der Waals surface area contributed by atoms with Gasteiger partial charge in [0.15, 0.2) is 0 Å². The molecule has 0 unspecified atom stereocenters. The van der Waals surface area contributed by atoms with Crippen LogP contribution in [-0.4, -0.2) is 55.2 Å². The lowest BCUT2D eigenvalue weighted by molar-refractivity contribution is -0.137. The largest absolute Gasteiger partial charge is 0.416 e. The third-order valence-electron chi connectivity index (χ3n) is 6.24. The number of halogens is 4. The fourth-order valence-electron chi connectivity index (χ4n) is 4.44. The molecule has 1 heterocycles. The van der Waals surface area contributed by atoms with Gasteiger partial charge in [0, 0.05) is 30.9 Å². The Kier molecular flexibility index (Phi) is 7.36. The summed E-state index contributed by atoms with van der Waals surface area (Å²) in [6, 6.07) is 8.50. The number of carbonyl (C=O) groups excluding carboxylic acids is 1. The first kappa shape index (κ1) is 26.1. The molecule has 0 radical (unpaired) electrons. The van der Waals surface area contributed by atoms with Crippen LogP contribution in [0.4, 0.5) is 23.2 Å². The number of carbonyl (C=O) groups is 1. The number of hydrogen-bond acceptors (Lipinski definition) is 5. The topological polar surface area (TPSA) is 93.5 Å². The lowest BCUT2D eigenvalue weighted by Crippen LogP contribution is -2.49. The molecule has 1 N–H and O–H groups in total. The number of likely N-dealkylation sites (tertiary alicyclic amines) is 1. The molecule has 1 saturated carbocycles. The molecule has 0 atom stereocenters. The van der Waals surface area contributed by atoms with Crippen molar-refractivity contribution >= 4 is 21.6 Å². The zero-order chi connectivity index (χ0) is 26.1. The molecule has 36 heavy (non-hydrogen) atoms. The van der Waals surface area contributed by atoms with E-state index in [1.807, 2.05) is 11.0 Å². The van der Waals surface area contributed by atoms with E-state index < -0.39 is 39.5 Å². The molecule has 2 fully saturated rings. The van der Waals surface area contributed by atoms with Crippen molar-refractivity contribution < 1.29 is 30.8 Å². The first-order chi connectivity index (χ1) is 17.0. The smallest absolute Gasteiger partial charge is 0.325 e. The van der Waals surface area contributed by atoms with Crippen molar-refractivity contribution in [2.75, 3.05) is 25.0 Å². The Balaban J connectivity index is 1.40.